The molecule has 3 rings (SSSR count). The number of halogens is 2. The van der Waals surface area contributed by atoms with E-state index in [0.717, 1.165) is 6.42 Å². The third-order valence-electron chi connectivity index (χ3n) is 4.32. The number of nitrogens with zero attached hydrogens (tertiary/aromatic N) is 2. The van der Waals surface area contributed by atoms with Crippen molar-refractivity contribution in [2.45, 2.75) is 33.0 Å². The van der Waals surface area contributed by atoms with Crippen LogP contribution in [0.4, 0.5) is 8.78 Å². The number of aromatic nitrogens is 2. The Hall–Kier alpha value is -2.48. The number of hydrogen-bond donors (Lipinski definition) is 1. The topological polar surface area (TPSA) is 67.5 Å². The van der Waals surface area contributed by atoms with Crippen LogP contribution in [0.25, 0.3) is 11.3 Å². The molecule has 6 nitrogen and oxygen atoms in total. The summed E-state index contributed by atoms with van der Waals surface area (Å²) < 4.78 is 35.1. The lowest BCUT2D eigenvalue weighted by Gasteiger charge is -2.17. The fourth-order valence-electron chi connectivity index (χ4n) is 3.04. The molecule has 8 heteroatoms. The van der Waals surface area contributed by atoms with Crippen molar-refractivity contribution >= 4 is 5.91 Å². The summed E-state index contributed by atoms with van der Waals surface area (Å²) in [6.07, 6.45) is 2.29. The van der Waals surface area contributed by atoms with Gasteiger partial charge < -0.3 is 14.4 Å². The smallest absolute Gasteiger partial charge is 0.387 e. The molecule has 1 aliphatic heterocycles. The van der Waals surface area contributed by atoms with E-state index in [2.05, 4.69) is 28.8 Å². The quantitative estimate of drug-likeness (QED) is 0.799. The average molecular weight is 379 g/mol. The van der Waals surface area contributed by atoms with Crippen LogP contribution in [0.15, 0.2) is 30.5 Å². The monoisotopic (exact) mass is 379 g/mol. The molecule has 2 heterocycles. The second kappa shape index (κ2) is 8.47. The van der Waals surface area contributed by atoms with E-state index >= 15 is 0 Å². The maximum atomic E-state index is 12.9. The second-order valence-corrected chi connectivity index (χ2v) is 6.95. The SMILES string of the molecule is CC(C)COC1CCN(C(=O)c2cn[nH]c2-c2cccc(OC(F)F)c2)C1. The lowest BCUT2D eigenvalue weighted by Crippen LogP contribution is -2.30. The number of carbonyl (C=O) groups is 1. The Morgan fingerprint density at radius 2 is 2.22 bits per heavy atom. The minimum absolute atomic E-state index is 0.0267. The number of hydrogen-bond acceptors (Lipinski definition) is 4. The van der Waals surface area contributed by atoms with Crippen LogP contribution in [0.2, 0.25) is 0 Å². The summed E-state index contributed by atoms with van der Waals surface area (Å²) in [5.74, 6) is 0.311. The Kier molecular flexibility index (Phi) is 6.05. The van der Waals surface area contributed by atoms with Crippen molar-refractivity contribution < 1.29 is 23.0 Å². The summed E-state index contributed by atoms with van der Waals surface area (Å²) in [5, 5.41) is 6.75. The van der Waals surface area contributed by atoms with Crippen molar-refractivity contribution in [1.29, 1.82) is 0 Å². The third-order valence-corrected chi connectivity index (χ3v) is 4.32. The summed E-state index contributed by atoms with van der Waals surface area (Å²) in [5.41, 5.74) is 1.43. The molecule has 0 saturated carbocycles. The maximum Gasteiger partial charge on any atom is 0.387 e. The number of aromatic amines is 1. The maximum absolute atomic E-state index is 12.9. The molecule has 1 aromatic heterocycles. The van der Waals surface area contributed by atoms with Gasteiger partial charge in [0.05, 0.1) is 23.6 Å². The average Bonchev–Trinajstić information content (AvgIpc) is 3.28. The summed E-state index contributed by atoms with van der Waals surface area (Å²) in [4.78, 5) is 14.6. The standard InChI is InChI=1S/C19H23F2N3O3/c1-12(2)11-26-15-6-7-24(10-15)18(25)16-9-22-23-17(16)13-4-3-5-14(8-13)27-19(20)21/h3-5,8-9,12,15,19H,6-7,10-11H2,1-2H3,(H,22,23). The number of amides is 1. The van der Waals surface area contributed by atoms with Gasteiger partial charge in [0.2, 0.25) is 0 Å². The number of H-pyrrole nitrogens is 1. The molecule has 146 valence electrons. The molecule has 1 saturated heterocycles. The van der Waals surface area contributed by atoms with E-state index < -0.39 is 6.61 Å². The lowest BCUT2D eigenvalue weighted by molar-refractivity contribution is -0.0498. The van der Waals surface area contributed by atoms with Crippen molar-refractivity contribution in [3.8, 4) is 17.0 Å². The van der Waals surface area contributed by atoms with Gasteiger partial charge in [-0.1, -0.05) is 26.0 Å². The molecule has 1 amide bonds. The number of benzene rings is 1. The van der Waals surface area contributed by atoms with Crippen LogP contribution in [0.3, 0.4) is 0 Å². The van der Waals surface area contributed by atoms with Gasteiger partial charge in [0.25, 0.3) is 5.91 Å². The molecule has 0 bridgehead atoms. The van der Waals surface area contributed by atoms with Crippen molar-refractivity contribution in [2.24, 2.45) is 5.92 Å². The van der Waals surface area contributed by atoms with E-state index in [1.807, 2.05) is 0 Å². The van der Waals surface area contributed by atoms with Gasteiger partial charge in [-0.3, -0.25) is 9.89 Å². The van der Waals surface area contributed by atoms with Crippen molar-refractivity contribution in [2.75, 3.05) is 19.7 Å². The zero-order chi connectivity index (χ0) is 19.4. The molecule has 2 aromatic rings. The number of carbonyl (C=O) groups excluding carboxylic acids is 1. The Morgan fingerprint density at radius 1 is 1.41 bits per heavy atom. The summed E-state index contributed by atoms with van der Waals surface area (Å²) in [7, 11) is 0. The van der Waals surface area contributed by atoms with E-state index in [-0.39, 0.29) is 17.8 Å². The molecule has 0 radical (unpaired) electrons. The zero-order valence-electron chi connectivity index (χ0n) is 15.3. The minimum Gasteiger partial charge on any atom is -0.435 e. The van der Waals surface area contributed by atoms with Gasteiger partial charge in [-0.05, 0) is 24.5 Å². The molecule has 1 N–H and O–H groups in total. The van der Waals surface area contributed by atoms with Crippen LogP contribution < -0.4 is 4.74 Å². The normalized spacial score (nSPS) is 17.1. The molecule has 1 aliphatic rings. The summed E-state index contributed by atoms with van der Waals surface area (Å²) >= 11 is 0. The molecule has 1 fully saturated rings. The lowest BCUT2D eigenvalue weighted by atomic mass is 10.1. The predicted octanol–water partition coefficient (Wildman–Crippen LogP) is 3.57. The molecule has 1 atom stereocenters. The fourth-order valence-corrected chi connectivity index (χ4v) is 3.04. The number of nitrogens with one attached hydrogen (secondary N) is 1. The Labute approximate surface area is 156 Å². The van der Waals surface area contributed by atoms with Gasteiger partial charge >= 0.3 is 6.61 Å². The van der Waals surface area contributed by atoms with Crippen LogP contribution in [-0.4, -0.2) is 53.4 Å². The highest BCUT2D eigenvalue weighted by molar-refractivity contribution is 6.00. The van der Waals surface area contributed by atoms with Crippen molar-refractivity contribution in [1.82, 2.24) is 15.1 Å². The van der Waals surface area contributed by atoms with Crippen LogP contribution in [-0.2, 0) is 4.74 Å². The van der Waals surface area contributed by atoms with Gasteiger partial charge in [-0.2, -0.15) is 13.9 Å². The zero-order valence-corrected chi connectivity index (χ0v) is 15.3. The number of rotatable bonds is 7. The molecular weight excluding hydrogens is 356 g/mol. The predicted molar refractivity (Wildman–Crippen MR) is 95.8 cm³/mol. The minimum atomic E-state index is -2.91. The first-order chi connectivity index (χ1) is 12.9. The second-order valence-electron chi connectivity index (χ2n) is 6.95. The van der Waals surface area contributed by atoms with E-state index in [1.165, 1.54) is 18.3 Å². The van der Waals surface area contributed by atoms with E-state index in [0.29, 0.717) is 42.4 Å². The van der Waals surface area contributed by atoms with E-state index in [1.54, 1.807) is 17.0 Å². The molecule has 0 spiro atoms. The summed E-state index contributed by atoms with van der Waals surface area (Å²) in [6, 6.07) is 6.19. The third kappa shape index (κ3) is 4.82. The molecule has 1 aromatic carbocycles. The van der Waals surface area contributed by atoms with Gasteiger partial charge in [-0.15, -0.1) is 0 Å². The van der Waals surface area contributed by atoms with Crippen LogP contribution >= 0.6 is 0 Å². The highest BCUT2D eigenvalue weighted by Crippen LogP contribution is 2.27. The first-order valence-corrected chi connectivity index (χ1v) is 8.93. The number of ether oxygens (including phenoxy) is 2. The number of alkyl halides is 2. The van der Waals surface area contributed by atoms with E-state index in [4.69, 9.17) is 4.74 Å². The number of likely N-dealkylation sites (tertiary alicyclic amines) is 1. The highest BCUT2D eigenvalue weighted by Gasteiger charge is 2.29. The van der Waals surface area contributed by atoms with Gasteiger partial charge in [0.15, 0.2) is 0 Å². The van der Waals surface area contributed by atoms with E-state index in [9.17, 15) is 13.6 Å². The van der Waals surface area contributed by atoms with Crippen molar-refractivity contribution in [3.63, 3.8) is 0 Å². The molecule has 27 heavy (non-hydrogen) atoms. The molecular formula is C19H23F2N3O3. The first kappa shape index (κ1) is 19.3. The first-order valence-electron chi connectivity index (χ1n) is 8.93. The highest BCUT2D eigenvalue weighted by atomic mass is 19.3. The van der Waals surface area contributed by atoms with Crippen LogP contribution in [0, 0.1) is 5.92 Å². The Morgan fingerprint density at radius 3 is 2.96 bits per heavy atom. The van der Waals surface area contributed by atoms with Crippen LogP contribution in [0.5, 0.6) is 5.75 Å². The molecule has 0 aliphatic carbocycles. The fraction of sp³-hybridized carbons (Fsp3) is 0.474. The van der Waals surface area contributed by atoms with Gasteiger partial charge in [0, 0.05) is 25.3 Å². The Balaban J connectivity index is 1.73. The van der Waals surface area contributed by atoms with Crippen molar-refractivity contribution in [3.05, 3.63) is 36.0 Å². The largest absolute Gasteiger partial charge is 0.435 e. The van der Waals surface area contributed by atoms with Gasteiger partial charge in [-0.25, -0.2) is 0 Å². The Bertz CT molecular complexity index is 779. The van der Waals surface area contributed by atoms with Crippen LogP contribution in [0.1, 0.15) is 30.6 Å². The molecule has 1 unspecified atom stereocenters. The van der Waals surface area contributed by atoms with Gasteiger partial charge in [0.1, 0.15) is 5.75 Å². The summed E-state index contributed by atoms with van der Waals surface area (Å²) in [6.45, 7) is 3.07.